The zero-order chi connectivity index (χ0) is 21.0. The maximum absolute atomic E-state index is 11.1. The molecule has 2 N–H and O–H groups in total. The van der Waals surface area contributed by atoms with Crippen LogP contribution in [0.25, 0.3) is 0 Å². The standard InChI is InChI=1S/C20H17N3O6/c24-19-8-6-17(22(26)27)10-14(19)12-21(16-4-2-1-3-5-16)13-15-11-18(23(28)29)7-9-20(15)25/h1-11,24-25H,12-13H2. The summed E-state index contributed by atoms with van der Waals surface area (Å²) in [7, 11) is 0. The fourth-order valence-corrected chi connectivity index (χ4v) is 2.91. The Morgan fingerprint density at radius 2 is 1.17 bits per heavy atom. The van der Waals surface area contributed by atoms with Crippen LogP contribution in [0.1, 0.15) is 11.1 Å². The molecule has 0 unspecified atom stereocenters. The maximum Gasteiger partial charge on any atom is 0.270 e. The van der Waals surface area contributed by atoms with E-state index in [2.05, 4.69) is 0 Å². The number of aromatic hydroxyl groups is 2. The van der Waals surface area contributed by atoms with Gasteiger partial charge in [-0.05, 0) is 24.3 Å². The third-order valence-corrected chi connectivity index (χ3v) is 4.39. The topological polar surface area (TPSA) is 130 Å². The number of phenols is 2. The summed E-state index contributed by atoms with van der Waals surface area (Å²) in [5.41, 5.74) is 1.01. The lowest BCUT2D eigenvalue weighted by atomic mass is 10.1. The van der Waals surface area contributed by atoms with E-state index in [1.54, 1.807) is 29.2 Å². The number of hydrogen-bond acceptors (Lipinski definition) is 7. The van der Waals surface area contributed by atoms with Gasteiger partial charge in [0.05, 0.1) is 9.85 Å². The van der Waals surface area contributed by atoms with Gasteiger partial charge in [0.2, 0.25) is 0 Å². The highest BCUT2D eigenvalue weighted by atomic mass is 16.6. The van der Waals surface area contributed by atoms with Gasteiger partial charge >= 0.3 is 0 Å². The fourth-order valence-electron chi connectivity index (χ4n) is 2.91. The molecule has 0 aliphatic rings. The van der Waals surface area contributed by atoms with Crippen molar-refractivity contribution in [2.45, 2.75) is 13.1 Å². The minimum absolute atomic E-state index is 0.0830. The van der Waals surface area contributed by atoms with Crippen LogP contribution in [0.3, 0.4) is 0 Å². The van der Waals surface area contributed by atoms with Crippen LogP contribution in [0.15, 0.2) is 66.7 Å². The van der Waals surface area contributed by atoms with Gasteiger partial charge in [-0.25, -0.2) is 0 Å². The second-order valence-electron chi connectivity index (χ2n) is 6.33. The van der Waals surface area contributed by atoms with E-state index in [1.807, 2.05) is 6.07 Å². The molecule has 0 spiro atoms. The summed E-state index contributed by atoms with van der Waals surface area (Å²) >= 11 is 0. The molecule has 0 bridgehead atoms. The SMILES string of the molecule is O=[N+]([O-])c1ccc(O)c(CN(Cc2cc([N+](=O)[O-])ccc2O)c2ccccc2)c1. The highest BCUT2D eigenvalue weighted by Crippen LogP contribution is 2.30. The van der Waals surface area contributed by atoms with E-state index in [4.69, 9.17) is 0 Å². The molecule has 0 aromatic heterocycles. The van der Waals surface area contributed by atoms with Gasteiger partial charge in [0.1, 0.15) is 11.5 Å². The first-order valence-corrected chi connectivity index (χ1v) is 8.57. The molecule has 3 aromatic carbocycles. The van der Waals surface area contributed by atoms with Crippen molar-refractivity contribution in [3.8, 4) is 11.5 Å². The van der Waals surface area contributed by atoms with Gasteiger partial charge in [-0.2, -0.15) is 0 Å². The highest BCUT2D eigenvalue weighted by Gasteiger charge is 2.18. The van der Waals surface area contributed by atoms with Crippen molar-refractivity contribution in [1.82, 2.24) is 0 Å². The lowest BCUT2D eigenvalue weighted by Crippen LogP contribution is -2.22. The first kappa shape index (κ1) is 19.6. The van der Waals surface area contributed by atoms with Crippen LogP contribution in [0, 0.1) is 20.2 Å². The predicted molar refractivity (Wildman–Crippen MR) is 106 cm³/mol. The van der Waals surface area contributed by atoms with Crippen molar-refractivity contribution in [3.63, 3.8) is 0 Å². The molecule has 0 atom stereocenters. The molecule has 0 saturated carbocycles. The van der Waals surface area contributed by atoms with Crippen molar-refractivity contribution in [2.75, 3.05) is 4.90 Å². The van der Waals surface area contributed by atoms with Crippen LogP contribution < -0.4 is 4.90 Å². The molecule has 148 valence electrons. The molecule has 0 heterocycles. The third-order valence-electron chi connectivity index (χ3n) is 4.39. The summed E-state index contributed by atoms with van der Waals surface area (Å²) in [6.45, 7) is 0.166. The number of nitrogens with zero attached hydrogens (tertiary/aromatic N) is 3. The van der Waals surface area contributed by atoms with Gasteiger partial charge in [-0.3, -0.25) is 20.2 Å². The zero-order valence-corrected chi connectivity index (χ0v) is 15.1. The second kappa shape index (κ2) is 8.26. The number of hydrogen-bond donors (Lipinski definition) is 2. The maximum atomic E-state index is 11.1. The molecule has 9 nitrogen and oxygen atoms in total. The number of nitro benzene ring substituents is 2. The summed E-state index contributed by atoms with van der Waals surface area (Å²) in [6, 6.07) is 16.5. The number of benzene rings is 3. The van der Waals surface area contributed by atoms with Crippen molar-refractivity contribution in [3.05, 3.63) is 98.1 Å². The number of non-ortho nitro benzene ring substituents is 2. The van der Waals surface area contributed by atoms with Crippen LogP contribution in [0.2, 0.25) is 0 Å². The monoisotopic (exact) mass is 395 g/mol. The van der Waals surface area contributed by atoms with E-state index in [1.165, 1.54) is 36.4 Å². The number of para-hydroxylation sites is 1. The number of nitro groups is 2. The molecule has 3 aromatic rings. The van der Waals surface area contributed by atoms with Gasteiger partial charge in [0.15, 0.2) is 0 Å². The first-order chi connectivity index (χ1) is 13.8. The van der Waals surface area contributed by atoms with Crippen LogP contribution in [0.4, 0.5) is 17.1 Å². The average molecular weight is 395 g/mol. The summed E-state index contributed by atoms with van der Waals surface area (Å²) in [5, 5.41) is 42.5. The fraction of sp³-hybridized carbons (Fsp3) is 0.100. The molecular formula is C20H17N3O6. The molecule has 0 amide bonds. The van der Waals surface area contributed by atoms with Crippen molar-refractivity contribution >= 4 is 17.1 Å². The van der Waals surface area contributed by atoms with Crippen LogP contribution in [0.5, 0.6) is 11.5 Å². The first-order valence-electron chi connectivity index (χ1n) is 8.57. The Morgan fingerprint density at radius 1 is 0.724 bits per heavy atom. The van der Waals surface area contributed by atoms with Crippen molar-refractivity contribution in [1.29, 1.82) is 0 Å². The zero-order valence-electron chi connectivity index (χ0n) is 15.1. The molecule has 29 heavy (non-hydrogen) atoms. The Hall–Kier alpha value is -4.14. The van der Waals surface area contributed by atoms with Crippen molar-refractivity contribution in [2.24, 2.45) is 0 Å². The van der Waals surface area contributed by atoms with Gasteiger partial charge in [0.25, 0.3) is 11.4 Å². The number of rotatable bonds is 7. The van der Waals surface area contributed by atoms with Gasteiger partial charge in [0, 0.05) is 54.2 Å². The van der Waals surface area contributed by atoms with E-state index in [0.717, 1.165) is 0 Å². The quantitative estimate of drug-likeness (QED) is 0.454. The number of anilines is 1. The van der Waals surface area contributed by atoms with Gasteiger partial charge in [-0.15, -0.1) is 0 Å². The average Bonchev–Trinajstić information content (AvgIpc) is 2.70. The largest absolute Gasteiger partial charge is 0.508 e. The smallest absolute Gasteiger partial charge is 0.270 e. The Kier molecular flexibility index (Phi) is 5.59. The summed E-state index contributed by atoms with van der Waals surface area (Å²) < 4.78 is 0. The molecular weight excluding hydrogens is 378 g/mol. The van der Waals surface area contributed by atoms with E-state index in [0.29, 0.717) is 16.8 Å². The molecule has 0 aliphatic heterocycles. The third kappa shape index (κ3) is 4.59. The van der Waals surface area contributed by atoms with E-state index in [-0.39, 0.29) is 36.0 Å². The lowest BCUT2D eigenvalue weighted by molar-refractivity contribution is -0.385. The minimum atomic E-state index is -0.553. The highest BCUT2D eigenvalue weighted by molar-refractivity contribution is 5.52. The Morgan fingerprint density at radius 3 is 1.59 bits per heavy atom. The van der Waals surface area contributed by atoms with E-state index >= 15 is 0 Å². The van der Waals surface area contributed by atoms with Crippen LogP contribution >= 0.6 is 0 Å². The normalized spacial score (nSPS) is 10.5. The van der Waals surface area contributed by atoms with Gasteiger partial charge in [-0.1, -0.05) is 18.2 Å². The lowest BCUT2D eigenvalue weighted by Gasteiger charge is -2.25. The minimum Gasteiger partial charge on any atom is -0.508 e. The predicted octanol–water partition coefficient (Wildman–Crippen LogP) is 4.12. The van der Waals surface area contributed by atoms with Crippen LogP contribution in [-0.2, 0) is 13.1 Å². The van der Waals surface area contributed by atoms with E-state index < -0.39 is 9.85 Å². The summed E-state index contributed by atoms with van der Waals surface area (Å²) in [6.07, 6.45) is 0. The Labute approximate surface area is 165 Å². The second-order valence-corrected chi connectivity index (χ2v) is 6.33. The van der Waals surface area contributed by atoms with Crippen molar-refractivity contribution < 1.29 is 20.1 Å². The molecule has 0 aliphatic carbocycles. The summed E-state index contributed by atoms with van der Waals surface area (Å²) in [4.78, 5) is 22.8. The Balaban J connectivity index is 1.99. The molecule has 0 saturated heterocycles. The van der Waals surface area contributed by atoms with E-state index in [9.17, 15) is 30.4 Å². The Bertz CT molecular complexity index is 990. The molecule has 0 fully saturated rings. The molecule has 9 heteroatoms. The van der Waals surface area contributed by atoms with Gasteiger partial charge < -0.3 is 15.1 Å². The summed E-state index contributed by atoms with van der Waals surface area (Å²) in [5.74, 6) is -0.223. The molecule has 3 rings (SSSR count). The molecule has 0 radical (unpaired) electrons. The van der Waals surface area contributed by atoms with Crippen LogP contribution in [-0.4, -0.2) is 20.1 Å². The number of phenolic OH excluding ortho intramolecular Hbond substituents is 2.